The van der Waals surface area contributed by atoms with Crippen LogP contribution in [0.25, 0.3) is 10.8 Å². The number of rotatable bonds is 5. The Balaban J connectivity index is 1.62. The predicted molar refractivity (Wildman–Crippen MR) is 111 cm³/mol. The summed E-state index contributed by atoms with van der Waals surface area (Å²) in [7, 11) is 0. The minimum atomic E-state index is -0.120. The monoisotopic (exact) mass is 378 g/mol. The molecule has 0 aromatic heterocycles. The van der Waals surface area contributed by atoms with E-state index in [-0.39, 0.29) is 11.9 Å². The molecule has 1 N–H and O–H groups in total. The quantitative estimate of drug-likeness (QED) is 0.673. The van der Waals surface area contributed by atoms with Crippen molar-refractivity contribution < 1.29 is 4.79 Å². The topological polar surface area (TPSA) is 32.3 Å². The van der Waals surface area contributed by atoms with Gasteiger partial charge in [0.2, 0.25) is 0 Å². The first-order chi connectivity index (χ1) is 13.2. The highest BCUT2D eigenvalue weighted by Crippen LogP contribution is 2.30. The average molecular weight is 379 g/mol. The van der Waals surface area contributed by atoms with Crippen molar-refractivity contribution in [2.75, 3.05) is 19.6 Å². The zero-order valence-electron chi connectivity index (χ0n) is 15.2. The molecule has 1 aliphatic rings. The maximum absolute atomic E-state index is 12.7. The summed E-state index contributed by atoms with van der Waals surface area (Å²) >= 11 is 6.19. The van der Waals surface area contributed by atoms with Gasteiger partial charge in [0.1, 0.15) is 0 Å². The van der Waals surface area contributed by atoms with Gasteiger partial charge in [-0.2, -0.15) is 0 Å². The Morgan fingerprint density at radius 2 is 1.67 bits per heavy atom. The van der Waals surface area contributed by atoms with E-state index in [1.54, 1.807) is 12.1 Å². The molecule has 4 rings (SSSR count). The number of carbonyl (C=O) groups is 1. The van der Waals surface area contributed by atoms with Gasteiger partial charge in [-0.25, -0.2) is 0 Å². The zero-order chi connectivity index (χ0) is 18.6. The molecule has 0 aliphatic carbocycles. The van der Waals surface area contributed by atoms with Crippen LogP contribution in [0, 0.1) is 0 Å². The van der Waals surface area contributed by atoms with Crippen molar-refractivity contribution in [1.82, 2.24) is 10.2 Å². The average Bonchev–Trinajstić information content (AvgIpc) is 3.23. The van der Waals surface area contributed by atoms with E-state index in [0.29, 0.717) is 17.1 Å². The van der Waals surface area contributed by atoms with E-state index >= 15 is 0 Å². The maximum Gasteiger partial charge on any atom is 0.252 e. The molecule has 1 atom stereocenters. The van der Waals surface area contributed by atoms with Crippen molar-refractivity contribution >= 4 is 28.3 Å². The van der Waals surface area contributed by atoms with Crippen LogP contribution in [-0.4, -0.2) is 30.4 Å². The maximum atomic E-state index is 12.7. The van der Waals surface area contributed by atoms with Gasteiger partial charge >= 0.3 is 0 Å². The number of nitrogens with one attached hydrogen (secondary N) is 1. The number of fused-ring (bicyclic) bond motifs is 1. The van der Waals surface area contributed by atoms with Crippen molar-refractivity contribution in [2.24, 2.45) is 0 Å². The van der Waals surface area contributed by atoms with Crippen molar-refractivity contribution in [3.05, 3.63) is 82.9 Å². The molecule has 27 heavy (non-hydrogen) atoms. The van der Waals surface area contributed by atoms with Crippen molar-refractivity contribution in [1.29, 1.82) is 0 Å². The van der Waals surface area contributed by atoms with E-state index in [2.05, 4.69) is 52.7 Å². The van der Waals surface area contributed by atoms with Gasteiger partial charge in [-0.1, -0.05) is 66.2 Å². The Bertz CT molecular complexity index is 945. The van der Waals surface area contributed by atoms with Crippen LogP contribution in [-0.2, 0) is 0 Å². The summed E-state index contributed by atoms with van der Waals surface area (Å²) in [5.41, 5.74) is 1.80. The summed E-state index contributed by atoms with van der Waals surface area (Å²) in [5, 5.41) is 6.09. The third kappa shape index (κ3) is 3.85. The van der Waals surface area contributed by atoms with Crippen LogP contribution in [0.3, 0.4) is 0 Å². The van der Waals surface area contributed by atoms with Crippen LogP contribution >= 0.6 is 11.6 Å². The summed E-state index contributed by atoms with van der Waals surface area (Å²) in [4.78, 5) is 15.1. The second-order valence-electron chi connectivity index (χ2n) is 7.02. The van der Waals surface area contributed by atoms with Crippen molar-refractivity contribution in [2.45, 2.75) is 18.9 Å². The fraction of sp³-hybridized carbons (Fsp3) is 0.261. The summed E-state index contributed by atoms with van der Waals surface area (Å²) in [6.07, 6.45) is 2.42. The predicted octanol–water partition coefficient (Wildman–Crippen LogP) is 5.06. The molecule has 0 bridgehead atoms. The SMILES string of the molecule is O=C(NC[C@H](c1cccc2ccccc12)N1CCCC1)c1ccccc1Cl. The molecule has 0 unspecified atom stereocenters. The number of benzene rings is 3. The van der Waals surface area contributed by atoms with Crippen molar-refractivity contribution in [3.8, 4) is 0 Å². The lowest BCUT2D eigenvalue weighted by molar-refractivity contribution is 0.0938. The second-order valence-corrected chi connectivity index (χ2v) is 7.42. The molecule has 1 fully saturated rings. The number of likely N-dealkylation sites (tertiary alicyclic amines) is 1. The second kappa shape index (κ2) is 8.12. The zero-order valence-corrected chi connectivity index (χ0v) is 16.0. The van der Waals surface area contributed by atoms with Gasteiger partial charge in [-0.15, -0.1) is 0 Å². The number of amides is 1. The lowest BCUT2D eigenvalue weighted by Crippen LogP contribution is -2.37. The molecule has 0 spiro atoms. The van der Waals surface area contributed by atoms with Gasteiger partial charge in [-0.05, 0) is 54.4 Å². The molecule has 3 aromatic rings. The van der Waals surface area contributed by atoms with E-state index in [1.807, 2.05) is 12.1 Å². The normalized spacial score (nSPS) is 15.7. The number of hydrogen-bond acceptors (Lipinski definition) is 2. The number of halogens is 1. The van der Waals surface area contributed by atoms with E-state index in [1.165, 1.54) is 29.2 Å². The van der Waals surface area contributed by atoms with E-state index in [4.69, 9.17) is 11.6 Å². The number of hydrogen-bond donors (Lipinski definition) is 1. The van der Waals surface area contributed by atoms with E-state index in [0.717, 1.165) is 13.1 Å². The van der Waals surface area contributed by atoms with Crippen LogP contribution < -0.4 is 5.32 Å². The Morgan fingerprint density at radius 1 is 0.963 bits per heavy atom. The number of nitrogens with zero attached hydrogens (tertiary/aromatic N) is 1. The molecule has 1 aliphatic heterocycles. The largest absolute Gasteiger partial charge is 0.350 e. The fourth-order valence-corrected chi connectivity index (χ4v) is 4.18. The first-order valence-corrected chi connectivity index (χ1v) is 9.86. The van der Waals surface area contributed by atoms with Crippen LogP contribution in [0.1, 0.15) is 34.8 Å². The highest BCUT2D eigenvalue weighted by atomic mass is 35.5. The lowest BCUT2D eigenvalue weighted by Gasteiger charge is -2.29. The van der Waals surface area contributed by atoms with Gasteiger partial charge in [0.15, 0.2) is 0 Å². The number of carbonyl (C=O) groups excluding carboxylic acids is 1. The standard InChI is InChI=1S/C23H23ClN2O/c24-21-13-4-3-11-20(21)23(27)25-16-22(26-14-5-6-15-26)19-12-7-9-17-8-1-2-10-18(17)19/h1-4,7-13,22H,5-6,14-16H2,(H,25,27)/t22-/m1/s1. The molecule has 1 heterocycles. The molecule has 3 nitrogen and oxygen atoms in total. The van der Waals surface area contributed by atoms with E-state index < -0.39 is 0 Å². The first kappa shape index (κ1) is 18.0. The Hall–Kier alpha value is -2.36. The minimum Gasteiger partial charge on any atom is -0.350 e. The van der Waals surface area contributed by atoms with E-state index in [9.17, 15) is 4.79 Å². The molecule has 4 heteroatoms. The molecule has 1 saturated heterocycles. The van der Waals surface area contributed by atoms with Gasteiger partial charge in [-0.3, -0.25) is 9.69 Å². The van der Waals surface area contributed by atoms with Crippen LogP contribution in [0.2, 0.25) is 5.02 Å². The molecular weight excluding hydrogens is 356 g/mol. The third-order valence-corrected chi connectivity index (χ3v) is 5.67. The summed E-state index contributed by atoms with van der Waals surface area (Å²) in [6, 6.07) is 22.2. The lowest BCUT2D eigenvalue weighted by atomic mass is 9.97. The van der Waals surface area contributed by atoms with Gasteiger partial charge in [0.05, 0.1) is 16.6 Å². The summed E-state index contributed by atoms with van der Waals surface area (Å²) in [6.45, 7) is 2.70. The molecule has 1 amide bonds. The summed E-state index contributed by atoms with van der Waals surface area (Å²) in [5.74, 6) is -0.120. The van der Waals surface area contributed by atoms with Gasteiger partial charge in [0, 0.05) is 6.54 Å². The Kier molecular flexibility index (Phi) is 5.42. The fourth-order valence-electron chi connectivity index (χ4n) is 3.96. The molecule has 0 radical (unpaired) electrons. The summed E-state index contributed by atoms with van der Waals surface area (Å²) < 4.78 is 0. The first-order valence-electron chi connectivity index (χ1n) is 9.48. The highest BCUT2D eigenvalue weighted by molar-refractivity contribution is 6.33. The highest BCUT2D eigenvalue weighted by Gasteiger charge is 2.25. The molecule has 3 aromatic carbocycles. The van der Waals surface area contributed by atoms with Gasteiger partial charge in [0.25, 0.3) is 5.91 Å². The smallest absolute Gasteiger partial charge is 0.252 e. The molecule has 0 saturated carbocycles. The van der Waals surface area contributed by atoms with Crippen molar-refractivity contribution in [3.63, 3.8) is 0 Å². The van der Waals surface area contributed by atoms with Crippen LogP contribution in [0.4, 0.5) is 0 Å². The Labute approximate surface area is 164 Å². The van der Waals surface area contributed by atoms with Crippen LogP contribution in [0.15, 0.2) is 66.7 Å². The third-order valence-electron chi connectivity index (χ3n) is 5.34. The van der Waals surface area contributed by atoms with Crippen LogP contribution in [0.5, 0.6) is 0 Å². The Morgan fingerprint density at radius 3 is 2.48 bits per heavy atom. The van der Waals surface area contributed by atoms with Gasteiger partial charge < -0.3 is 5.32 Å². The minimum absolute atomic E-state index is 0.120. The molecular formula is C23H23ClN2O. The molecule has 138 valence electrons.